The standard InChI is InChI=1S/C34H50N2O3S.BrH/c1-2-3-4-5-6-7-8-9-10-11-12-13-14-15-25-38-32-20-22-33(23-21-32)39-28-34(37)35-31-18-16-30(17-19-31)27-36-24-26-40-29-36;/h16-24,26H,2-15,25,27-29H2,1H3,(H,35,37);1H. The quantitative estimate of drug-likeness (QED) is 0.129. The first-order valence-electron chi connectivity index (χ1n) is 15.5. The summed E-state index contributed by atoms with van der Waals surface area (Å²) in [4.78, 5) is 14.6. The van der Waals surface area contributed by atoms with Crippen LogP contribution in [0.2, 0.25) is 0 Å². The lowest BCUT2D eigenvalue weighted by Crippen LogP contribution is -2.20. The summed E-state index contributed by atoms with van der Waals surface area (Å²) in [5.41, 5.74) is 1.99. The van der Waals surface area contributed by atoms with Crippen LogP contribution in [0.3, 0.4) is 0 Å². The number of nitrogens with one attached hydrogen (secondary N) is 1. The highest BCUT2D eigenvalue weighted by Crippen LogP contribution is 2.20. The first-order chi connectivity index (χ1) is 19.7. The molecule has 0 atom stereocenters. The van der Waals surface area contributed by atoms with Crippen LogP contribution in [-0.4, -0.2) is 29.9 Å². The summed E-state index contributed by atoms with van der Waals surface area (Å²) in [7, 11) is 0. The number of carbonyl (C=O) groups is 1. The largest absolute Gasteiger partial charge is 0.494 e. The molecule has 2 aromatic carbocycles. The zero-order valence-electron chi connectivity index (χ0n) is 25.0. The van der Waals surface area contributed by atoms with Crippen molar-refractivity contribution in [1.82, 2.24) is 4.90 Å². The van der Waals surface area contributed by atoms with Gasteiger partial charge in [0.15, 0.2) is 6.61 Å². The molecule has 2 aromatic rings. The van der Waals surface area contributed by atoms with Crippen LogP contribution in [0.5, 0.6) is 11.5 Å². The van der Waals surface area contributed by atoms with Crippen molar-refractivity contribution in [2.75, 3.05) is 24.4 Å². The molecule has 7 heteroatoms. The van der Waals surface area contributed by atoms with E-state index in [1.807, 2.05) is 48.5 Å². The molecule has 0 spiro atoms. The molecule has 0 aliphatic carbocycles. The Labute approximate surface area is 263 Å². The molecule has 1 aliphatic heterocycles. The van der Waals surface area contributed by atoms with E-state index in [0.29, 0.717) is 5.75 Å². The second-order valence-corrected chi connectivity index (χ2v) is 11.6. The number of halogens is 1. The van der Waals surface area contributed by atoms with Gasteiger partial charge in [0.2, 0.25) is 0 Å². The molecule has 0 unspecified atom stereocenters. The van der Waals surface area contributed by atoms with Gasteiger partial charge >= 0.3 is 0 Å². The fraction of sp³-hybridized carbons (Fsp3) is 0.559. The third kappa shape index (κ3) is 16.2. The third-order valence-corrected chi connectivity index (χ3v) is 7.99. The SMILES string of the molecule is Br.CCCCCCCCCCCCCCCCOc1ccc(OCC(=O)Nc2ccc(CN3C=CSC3)cc2)cc1. The molecule has 0 radical (unpaired) electrons. The first-order valence-corrected chi connectivity index (χ1v) is 16.5. The van der Waals surface area contributed by atoms with E-state index in [4.69, 9.17) is 9.47 Å². The van der Waals surface area contributed by atoms with Gasteiger partial charge in [-0.1, -0.05) is 103 Å². The van der Waals surface area contributed by atoms with E-state index < -0.39 is 0 Å². The molecule has 0 bridgehead atoms. The molecule has 228 valence electrons. The lowest BCUT2D eigenvalue weighted by molar-refractivity contribution is -0.118. The van der Waals surface area contributed by atoms with Gasteiger partial charge < -0.3 is 19.7 Å². The number of nitrogens with zero attached hydrogens (tertiary/aromatic N) is 1. The van der Waals surface area contributed by atoms with Crippen LogP contribution in [0, 0.1) is 0 Å². The Morgan fingerprint density at radius 1 is 0.756 bits per heavy atom. The maximum atomic E-state index is 12.3. The third-order valence-electron chi connectivity index (χ3n) is 7.19. The molecular weight excluding hydrogens is 596 g/mol. The Bertz CT molecular complexity index is 969. The molecule has 0 fully saturated rings. The molecule has 0 saturated heterocycles. The number of rotatable bonds is 22. The minimum absolute atomic E-state index is 0. The van der Waals surface area contributed by atoms with Gasteiger partial charge in [-0.05, 0) is 53.8 Å². The number of ether oxygens (including phenoxy) is 2. The number of carbonyl (C=O) groups excluding carboxylic acids is 1. The molecule has 1 amide bonds. The highest BCUT2D eigenvalue weighted by molar-refractivity contribution is 8.93. The zero-order chi connectivity index (χ0) is 28.1. The fourth-order valence-corrected chi connectivity index (χ4v) is 5.52. The summed E-state index contributed by atoms with van der Waals surface area (Å²) in [6.07, 6.45) is 21.1. The summed E-state index contributed by atoms with van der Waals surface area (Å²) in [6.45, 7) is 3.87. The number of anilines is 1. The van der Waals surface area contributed by atoms with Crippen molar-refractivity contribution < 1.29 is 14.3 Å². The van der Waals surface area contributed by atoms with Gasteiger partial charge in [0.05, 0.1) is 12.5 Å². The number of amides is 1. The zero-order valence-corrected chi connectivity index (χ0v) is 27.5. The van der Waals surface area contributed by atoms with Crippen molar-refractivity contribution in [3.8, 4) is 11.5 Å². The molecule has 5 nitrogen and oxygen atoms in total. The van der Waals surface area contributed by atoms with E-state index in [0.717, 1.165) is 36.9 Å². The van der Waals surface area contributed by atoms with Crippen molar-refractivity contribution >= 4 is 40.3 Å². The Hall–Kier alpha value is -2.12. The van der Waals surface area contributed by atoms with E-state index in [1.54, 1.807) is 11.8 Å². The summed E-state index contributed by atoms with van der Waals surface area (Å²) < 4.78 is 11.5. The number of hydrogen-bond donors (Lipinski definition) is 1. The second-order valence-electron chi connectivity index (χ2n) is 10.8. The van der Waals surface area contributed by atoms with Gasteiger partial charge in [-0.2, -0.15) is 0 Å². The molecule has 1 heterocycles. The predicted molar refractivity (Wildman–Crippen MR) is 180 cm³/mol. The summed E-state index contributed by atoms with van der Waals surface area (Å²) in [6, 6.07) is 15.5. The maximum Gasteiger partial charge on any atom is 0.262 e. The van der Waals surface area contributed by atoms with Gasteiger partial charge in [0.25, 0.3) is 5.91 Å². The van der Waals surface area contributed by atoms with Crippen LogP contribution in [0.1, 0.15) is 102 Å². The molecular formula is C34H51BrN2O3S. The molecule has 0 saturated carbocycles. The Kier molecular flexibility index (Phi) is 19.2. The van der Waals surface area contributed by atoms with Gasteiger partial charge in [-0.3, -0.25) is 4.79 Å². The van der Waals surface area contributed by atoms with Gasteiger partial charge in [0.1, 0.15) is 11.5 Å². The van der Waals surface area contributed by atoms with Crippen LogP contribution < -0.4 is 14.8 Å². The van der Waals surface area contributed by atoms with E-state index in [1.165, 1.54) is 89.0 Å². The van der Waals surface area contributed by atoms with Gasteiger partial charge in [-0.25, -0.2) is 0 Å². The van der Waals surface area contributed by atoms with Crippen molar-refractivity contribution in [3.05, 3.63) is 65.7 Å². The molecule has 1 N–H and O–H groups in total. The highest BCUT2D eigenvalue weighted by Gasteiger charge is 2.07. The minimum Gasteiger partial charge on any atom is -0.494 e. The smallest absolute Gasteiger partial charge is 0.262 e. The highest BCUT2D eigenvalue weighted by atomic mass is 79.9. The summed E-state index contributed by atoms with van der Waals surface area (Å²) in [5.74, 6) is 2.31. The average Bonchev–Trinajstić information content (AvgIpc) is 3.49. The maximum absolute atomic E-state index is 12.3. The molecule has 3 rings (SSSR count). The Morgan fingerprint density at radius 3 is 1.83 bits per heavy atom. The lowest BCUT2D eigenvalue weighted by Gasteiger charge is -2.15. The van der Waals surface area contributed by atoms with Crippen molar-refractivity contribution in [2.45, 2.75) is 103 Å². The minimum atomic E-state index is -0.176. The van der Waals surface area contributed by atoms with Crippen molar-refractivity contribution in [2.24, 2.45) is 0 Å². The second kappa shape index (κ2) is 22.5. The normalized spacial score (nSPS) is 12.3. The Balaban J connectivity index is 0.00000588. The van der Waals surface area contributed by atoms with Crippen molar-refractivity contribution in [3.63, 3.8) is 0 Å². The van der Waals surface area contributed by atoms with Crippen LogP contribution in [0.25, 0.3) is 0 Å². The van der Waals surface area contributed by atoms with E-state index >= 15 is 0 Å². The first kappa shape index (κ1) is 35.1. The van der Waals surface area contributed by atoms with E-state index in [-0.39, 0.29) is 29.5 Å². The monoisotopic (exact) mass is 646 g/mol. The fourth-order valence-electron chi connectivity index (χ4n) is 4.80. The lowest BCUT2D eigenvalue weighted by atomic mass is 10.0. The number of thioether (sulfide) groups is 1. The predicted octanol–water partition coefficient (Wildman–Crippen LogP) is 10.1. The van der Waals surface area contributed by atoms with Crippen LogP contribution in [-0.2, 0) is 11.3 Å². The average molecular weight is 648 g/mol. The molecule has 41 heavy (non-hydrogen) atoms. The van der Waals surface area contributed by atoms with E-state index in [2.05, 4.69) is 28.7 Å². The molecule has 0 aromatic heterocycles. The van der Waals surface area contributed by atoms with Crippen LogP contribution in [0.4, 0.5) is 5.69 Å². The van der Waals surface area contributed by atoms with Crippen molar-refractivity contribution in [1.29, 1.82) is 0 Å². The number of hydrogen-bond acceptors (Lipinski definition) is 5. The summed E-state index contributed by atoms with van der Waals surface area (Å²) in [5, 5.41) is 5.00. The number of unbranched alkanes of at least 4 members (excludes halogenated alkanes) is 13. The number of benzene rings is 2. The molecule has 1 aliphatic rings. The van der Waals surface area contributed by atoms with Gasteiger partial charge in [-0.15, -0.1) is 28.7 Å². The topological polar surface area (TPSA) is 50.8 Å². The Morgan fingerprint density at radius 2 is 1.29 bits per heavy atom. The van der Waals surface area contributed by atoms with E-state index in [9.17, 15) is 4.79 Å². The summed E-state index contributed by atoms with van der Waals surface area (Å²) >= 11 is 1.80. The van der Waals surface area contributed by atoms with Gasteiger partial charge in [0, 0.05) is 18.4 Å². The van der Waals surface area contributed by atoms with Crippen LogP contribution in [0.15, 0.2) is 60.1 Å². The van der Waals surface area contributed by atoms with Crippen LogP contribution >= 0.6 is 28.7 Å².